The smallest absolute Gasteiger partial charge is 0.338 e. The molecule has 4 aromatic rings. The highest BCUT2D eigenvalue weighted by atomic mass is 16.8. The van der Waals surface area contributed by atoms with Crippen LogP contribution in [0.5, 0.6) is 0 Å². The molecule has 23 heteroatoms. The second kappa shape index (κ2) is 26.2. The Morgan fingerprint density at radius 1 is 0.744 bits per heavy atom. The van der Waals surface area contributed by atoms with Gasteiger partial charge in [-0.05, 0) is 74.6 Å². The van der Waals surface area contributed by atoms with Crippen LogP contribution in [0.15, 0.2) is 118 Å². The molecule has 78 heavy (non-hydrogen) atoms. The summed E-state index contributed by atoms with van der Waals surface area (Å²) in [5.74, 6) is -7.92. The van der Waals surface area contributed by atoms with Crippen LogP contribution in [0, 0.1) is 11.8 Å². The number of benzene rings is 3. The molecule has 3 fully saturated rings. The Bertz CT molecular complexity index is 2850. The van der Waals surface area contributed by atoms with E-state index in [9.17, 15) is 53.7 Å². The summed E-state index contributed by atoms with van der Waals surface area (Å²) in [6, 6.07) is 22.7. The van der Waals surface area contributed by atoms with Crippen molar-refractivity contribution >= 4 is 35.8 Å². The van der Waals surface area contributed by atoms with Crippen molar-refractivity contribution in [2.75, 3.05) is 13.7 Å². The van der Waals surface area contributed by atoms with E-state index >= 15 is 0 Å². The molecular weight excluding hydrogens is 1020 g/mol. The zero-order valence-corrected chi connectivity index (χ0v) is 42.5. The molecule has 12 unspecified atom stereocenters. The van der Waals surface area contributed by atoms with Crippen LogP contribution in [0.25, 0.3) is 0 Å². The summed E-state index contributed by atoms with van der Waals surface area (Å²) in [4.78, 5) is 112. The fourth-order valence-electron chi connectivity index (χ4n) is 10.0. The molecule has 6 N–H and O–H groups in total. The second-order valence-electron chi connectivity index (χ2n) is 19.4. The summed E-state index contributed by atoms with van der Waals surface area (Å²) in [7, 11) is 1.12. The minimum atomic E-state index is -1.97. The Balaban J connectivity index is 1.26. The van der Waals surface area contributed by atoms with E-state index in [4.69, 9.17) is 42.6 Å². The van der Waals surface area contributed by atoms with Crippen molar-refractivity contribution in [2.24, 2.45) is 11.8 Å². The van der Waals surface area contributed by atoms with Gasteiger partial charge in [-0.25, -0.2) is 24.0 Å². The number of rotatable bonds is 19. The zero-order valence-electron chi connectivity index (χ0n) is 42.5. The van der Waals surface area contributed by atoms with E-state index in [1.54, 1.807) is 54.6 Å². The SMILES string of the molecule is COC(=O)C1CC(NC(=O)c2cc(=O)[nH]c(=O)[nH]2)C(OC2OC(C)C(O)C=C2O)C(OC2OC(COC(=O)c3ccccc3)C(OC(=O)c3ccccc3)C(O[C@@H](CC3CCCCC3)C(=O)O)C2OC(=O)c2ccccc2)C1. The summed E-state index contributed by atoms with van der Waals surface area (Å²) in [6.45, 7) is 0.762. The van der Waals surface area contributed by atoms with Gasteiger partial charge >= 0.3 is 35.5 Å². The minimum Gasteiger partial charge on any atom is -0.507 e. The number of aliphatic carboxylic acids is 1. The number of carboxylic acids is 1. The van der Waals surface area contributed by atoms with Gasteiger partial charge in [0, 0.05) is 6.07 Å². The van der Waals surface area contributed by atoms with Crippen molar-refractivity contribution in [2.45, 2.75) is 132 Å². The van der Waals surface area contributed by atoms with Crippen LogP contribution >= 0.6 is 0 Å². The number of carboxylic acid groups (broad SMARTS) is 1. The molecule has 3 heterocycles. The van der Waals surface area contributed by atoms with E-state index in [1.165, 1.54) is 43.3 Å². The molecule has 23 nitrogen and oxygen atoms in total. The van der Waals surface area contributed by atoms with E-state index in [0.717, 1.165) is 38.5 Å². The molecule has 0 radical (unpaired) electrons. The number of carbonyl (C=O) groups excluding carboxylic acids is 5. The summed E-state index contributed by atoms with van der Waals surface area (Å²) < 4.78 is 56.0. The number of hydrogen-bond donors (Lipinski definition) is 6. The number of esters is 4. The number of ether oxygens (including phenoxy) is 9. The van der Waals surface area contributed by atoms with E-state index in [2.05, 4.69) is 10.3 Å². The maximum absolute atomic E-state index is 14.5. The van der Waals surface area contributed by atoms with Gasteiger partial charge in [0.2, 0.25) is 6.29 Å². The van der Waals surface area contributed by atoms with Crippen LogP contribution in [0.3, 0.4) is 0 Å². The standard InChI is InChI=1S/C55H61N3O20/c1-29-37(59)27-38(60)53(72-29)78-43-35(56-47(62)36-26-42(61)58-55(69)57-36)24-34(49(65)70-2)25-39(43)74-54-46(77-52(68)33-21-13-6-14-22-33)45(73-40(48(63)64)23-30-15-7-3-8-16-30)44(76-51(67)32-19-11-5-12-20-32)41(75-54)28-71-50(66)31-17-9-4-10-18-31/h4-6,9-14,17-22,26-27,29-30,34-35,37,39-41,43-46,53-54,59-60H,3,7-8,15-16,23-25,28H2,1-2H3,(H,56,62)(H,63,64)(H2,57,58,61,69)/t29?,34?,35?,37?,39?,40-,41?,43?,44?,45?,46?,53?,54?/m0/s1. The molecular formula is C55H61N3O20. The molecule has 8 rings (SSSR count). The highest BCUT2D eigenvalue weighted by Gasteiger charge is 2.56. The molecule has 1 amide bonds. The van der Waals surface area contributed by atoms with Gasteiger partial charge in [0.25, 0.3) is 11.5 Å². The van der Waals surface area contributed by atoms with Crippen LogP contribution < -0.4 is 16.6 Å². The van der Waals surface area contributed by atoms with Crippen LogP contribution in [0.2, 0.25) is 0 Å². The first-order valence-electron chi connectivity index (χ1n) is 25.6. The molecule has 1 saturated heterocycles. The molecule has 13 atom stereocenters. The Labute approximate surface area is 446 Å². The number of aliphatic hydroxyl groups is 2. The fraction of sp³-hybridized carbons (Fsp3) is 0.455. The second-order valence-corrected chi connectivity index (χ2v) is 19.4. The maximum atomic E-state index is 14.5. The molecule has 2 aliphatic heterocycles. The van der Waals surface area contributed by atoms with Gasteiger partial charge in [-0.2, -0.15) is 0 Å². The van der Waals surface area contributed by atoms with Crippen molar-refractivity contribution in [1.82, 2.24) is 15.3 Å². The number of methoxy groups -OCH3 is 1. The largest absolute Gasteiger partial charge is 0.507 e. The molecule has 0 spiro atoms. The first-order valence-corrected chi connectivity index (χ1v) is 25.6. The lowest BCUT2D eigenvalue weighted by Crippen LogP contribution is -2.65. The molecule has 1 aromatic heterocycles. The summed E-state index contributed by atoms with van der Waals surface area (Å²) in [5.41, 5.74) is -2.27. The minimum absolute atomic E-state index is 0.00181. The van der Waals surface area contributed by atoms with Gasteiger partial charge in [-0.3, -0.25) is 19.4 Å². The average molecular weight is 1080 g/mol. The van der Waals surface area contributed by atoms with Crippen LogP contribution in [-0.4, -0.2) is 148 Å². The molecule has 416 valence electrons. The van der Waals surface area contributed by atoms with E-state index in [-0.39, 0.29) is 41.9 Å². The number of amides is 1. The van der Waals surface area contributed by atoms with Crippen LogP contribution in [0.4, 0.5) is 0 Å². The normalized spacial score (nSPS) is 27.7. The number of H-pyrrole nitrogens is 2. The van der Waals surface area contributed by atoms with Gasteiger partial charge in [-0.15, -0.1) is 0 Å². The third-order valence-corrected chi connectivity index (χ3v) is 14.0. The Morgan fingerprint density at radius 3 is 1.94 bits per heavy atom. The first-order chi connectivity index (χ1) is 37.5. The summed E-state index contributed by atoms with van der Waals surface area (Å²) in [6.07, 6.45) is -13.3. The number of carbonyl (C=O) groups is 6. The topological polar surface area (TPSA) is 324 Å². The lowest BCUT2D eigenvalue weighted by atomic mass is 9.81. The van der Waals surface area contributed by atoms with Gasteiger partial charge in [0.05, 0.1) is 48.0 Å². The van der Waals surface area contributed by atoms with Gasteiger partial charge in [0.15, 0.2) is 24.6 Å². The fourth-order valence-corrected chi connectivity index (χ4v) is 10.0. The van der Waals surface area contributed by atoms with Crippen molar-refractivity contribution in [3.63, 3.8) is 0 Å². The number of aromatic nitrogens is 2. The van der Waals surface area contributed by atoms with Gasteiger partial charge in [0.1, 0.15) is 42.5 Å². The summed E-state index contributed by atoms with van der Waals surface area (Å²) >= 11 is 0. The highest BCUT2D eigenvalue weighted by molar-refractivity contribution is 5.92. The van der Waals surface area contributed by atoms with Crippen molar-refractivity contribution in [3.05, 3.63) is 152 Å². The monoisotopic (exact) mass is 1080 g/mol. The summed E-state index contributed by atoms with van der Waals surface area (Å²) in [5, 5.41) is 35.3. The lowest BCUT2D eigenvalue weighted by molar-refractivity contribution is -0.334. The number of hydrogen-bond acceptors (Lipinski definition) is 19. The zero-order chi connectivity index (χ0) is 55.5. The third kappa shape index (κ3) is 14.3. The van der Waals surface area contributed by atoms with Gasteiger partial charge < -0.3 is 68.3 Å². The van der Waals surface area contributed by atoms with E-state index < -0.39 is 145 Å². The van der Waals surface area contributed by atoms with Crippen molar-refractivity contribution in [1.29, 1.82) is 0 Å². The number of aromatic amines is 2. The quantitative estimate of drug-likeness (QED) is 0.0573. The van der Waals surface area contributed by atoms with Crippen LogP contribution in [-0.2, 0) is 52.2 Å². The Morgan fingerprint density at radius 2 is 1.35 bits per heavy atom. The molecule has 0 bridgehead atoms. The molecule has 3 aromatic carbocycles. The van der Waals surface area contributed by atoms with Crippen molar-refractivity contribution < 1.29 is 86.7 Å². The third-order valence-electron chi connectivity index (χ3n) is 14.0. The lowest BCUT2D eigenvalue weighted by Gasteiger charge is -2.48. The van der Waals surface area contributed by atoms with E-state index in [0.29, 0.717) is 12.8 Å². The first kappa shape index (κ1) is 56.7. The predicted octanol–water partition coefficient (Wildman–Crippen LogP) is 3.90. The maximum Gasteiger partial charge on any atom is 0.338 e. The molecule has 4 aliphatic rings. The Hall–Kier alpha value is -7.54. The van der Waals surface area contributed by atoms with E-state index in [1.807, 2.05) is 4.98 Å². The molecule has 2 aliphatic carbocycles. The average Bonchev–Trinajstić information content (AvgIpc) is 3.49. The highest BCUT2D eigenvalue weighted by Crippen LogP contribution is 2.39. The number of nitrogens with one attached hydrogen (secondary N) is 3. The molecule has 2 saturated carbocycles. The number of aliphatic hydroxyl groups excluding tert-OH is 2. The predicted molar refractivity (Wildman–Crippen MR) is 269 cm³/mol. The van der Waals surface area contributed by atoms with Gasteiger partial charge in [-0.1, -0.05) is 86.7 Å². The van der Waals surface area contributed by atoms with Crippen LogP contribution in [0.1, 0.15) is 99.9 Å². The Kier molecular flexibility index (Phi) is 19.0. The van der Waals surface area contributed by atoms with Crippen molar-refractivity contribution in [3.8, 4) is 0 Å².